The topological polar surface area (TPSA) is 12.0 Å². The molecule has 0 aliphatic carbocycles. The molecule has 0 atom stereocenters. The zero-order valence-electron chi connectivity index (χ0n) is 10.9. The Morgan fingerprint density at radius 2 is 1.63 bits per heavy atom. The molecule has 0 saturated carbocycles. The van der Waals surface area contributed by atoms with Crippen molar-refractivity contribution < 1.29 is 0 Å². The third-order valence-corrected chi connectivity index (χ3v) is 3.58. The summed E-state index contributed by atoms with van der Waals surface area (Å²) in [6.45, 7) is 3.97. The van der Waals surface area contributed by atoms with Crippen LogP contribution >= 0.6 is 23.2 Å². The van der Waals surface area contributed by atoms with E-state index in [1.807, 2.05) is 30.3 Å². The van der Waals surface area contributed by atoms with Crippen LogP contribution < -0.4 is 5.32 Å². The molecule has 0 aliphatic heterocycles. The lowest BCUT2D eigenvalue weighted by molar-refractivity contribution is 0.675. The fourth-order valence-electron chi connectivity index (χ4n) is 1.91. The zero-order valence-corrected chi connectivity index (χ0v) is 12.4. The first kappa shape index (κ1) is 14.4. The van der Waals surface area contributed by atoms with Crippen LogP contribution in [0.5, 0.6) is 0 Å². The minimum atomic E-state index is 0.746. The molecule has 3 heteroatoms. The predicted octanol–water partition coefficient (Wildman–Crippen LogP) is 5.16. The lowest BCUT2D eigenvalue weighted by atomic mass is 10.0. The third-order valence-electron chi connectivity index (χ3n) is 2.97. The van der Waals surface area contributed by atoms with Gasteiger partial charge in [0.2, 0.25) is 0 Å². The second-order valence-electron chi connectivity index (χ2n) is 4.49. The molecule has 2 aromatic rings. The Balaban J connectivity index is 2.16. The Labute approximate surface area is 124 Å². The average Bonchev–Trinajstić information content (AvgIpc) is 2.42. The maximum Gasteiger partial charge on any atom is 0.0457 e. The van der Waals surface area contributed by atoms with Gasteiger partial charge in [-0.15, -0.1) is 0 Å². The van der Waals surface area contributed by atoms with Crippen molar-refractivity contribution in [3.8, 4) is 11.1 Å². The lowest BCUT2D eigenvalue weighted by Crippen LogP contribution is -2.13. The minimum Gasteiger partial charge on any atom is -0.313 e. The molecule has 0 aromatic heterocycles. The fourth-order valence-corrected chi connectivity index (χ4v) is 2.29. The molecule has 0 unspecified atom stereocenters. The average molecular weight is 294 g/mol. The summed E-state index contributed by atoms with van der Waals surface area (Å²) in [4.78, 5) is 0. The Bertz CT molecular complexity index is 535. The largest absolute Gasteiger partial charge is 0.313 e. The highest BCUT2D eigenvalue weighted by Gasteiger charge is 2.03. The summed E-state index contributed by atoms with van der Waals surface area (Å²) in [6, 6.07) is 14.0. The van der Waals surface area contributed by atoms with E-state index in [2.05, 4.69) is 24.4 Å². The molecule has 0 saturated heterocycles. The summed E-state index contributed by atoms with van der Waals surface area (Å²) in [5, 5.41) is 4.90. The van der Waals surface area contributed by atoms with Gasteiger partial charge in [0.1, 0.15) is 0 Å². The van der Waals surface area contributed by atoms with Gasteiger partial charge >= 0.3 is 0 Å². The maximum absolute atomic E-state index is 6.32. The molecule has 0 fully saturated rings. The fraction of sp³-hybridized carbons (Fsp3) is 0.250. The molecular weight excluding hydrogens is 277 g/mol. The molecule has 0 heterocycles. The number of benzene rings is 2. The third kappa shape index (κ3) is 3.97. The van der Waals surface area contributed by atoms with E-state index in [1.165, 1.54) is 0 Å². The summed E-state index contributed by atoms with van der Waals surface area (Å²) in [5.41, 5.74) is 3.37. The highest BCUT2D eigenvalue weighted by Crippen LogP contribution is 2.26. The molecule has 0 bridgehead atoms. The molecule has 0 aliphatic rings. The highest BCUT2D eigenvalue weighted by molar-refractivity contribution is 6.31. The van der Waals surface area contributed by atoms with Crippen LogP contribution in [0.15, 0.2) is 42.5 Å². The molecule has 0 radical (unpaired) electrons. The first-order chi connectivity index (χ1) is 9.20. The van der Waals surface area contributed by atoms with Crippen LogP contribution in [0.4, 0.5) is 0 Å². The quantitative estimate of drug-likeness (QED) is 0.751. The number of hydrogen-bond donors (Lipinski definition) is 1. The molecule has 0 spiro atoms. The molecule has 19 heavy (non-hydrogen) atoms. The van der Waals surface area contributed by atoms with E-state index >= 15 is 0 Å². The highest BCUT2D eigenvalue weighted by atomic mass is 35.5. The predicted molar refractivity (Wildman–Crippen MR) is 83.9 cm³/mol. The van der Waals surface area contributed by atoms with Gasteiger partial charge in [-0.3, -0.25) is 0 Å². The van der Waals surface area contributed by atoms with Crippen LogP contribution in [0, 0.1) is 0 Å². The van der Waals surface area contributed by atoms with Crippen molar-refractivity contribution >= 4 is 23.2 Å². The van der Waals surface area contributed by atoms with Gasteiger partial charge in [0.25, 0.3) is 0 Å². The van der Waals surface area contributed by atoms with E-state index in [1.54, 1.807) is 0 Å². The van der Waals surface area contributed by atoms with Crippen LogP contribution in [0.2, 0.25) is 10.0 Å². The Kier molecular flexibility index (Phi) is 5.26. The summed E-state index contributed by atoms with van der Waals surface area (Å²) in [6.07, 6.45) is 1.13. The van der Waals surface area contributed by atoms with E-state index in [9.17, 15) is 0 Å². The molecule has 2 aromatic carbocycles. The van der Waals surface area contributed by atoms with Crippen molar-refractivity contribution in [1.29, 1.82) is 0 Å². The molecule has 1 nitrogen and oxygen atoms in total. The zero-order chi connectivity index (χ0) is 13.7. The summed E-state index contributed by atoms with van der Waals surface area (Å²) in [5.74, 6) is 0. The van der Waals surface area contributed by atoms with Gasteiger partial charge in [0.15, 0.2) is 0 Å². The minimum absolute atomic E-state index is 0.746. The van der Waals surface area contributed by atoms with E-state index in [4.69, 9.17) is 23.2 Å². The Morgan fingerprint density at radius 1 is 0.947 bits per heavy atom. The van der Waals surface area contributed by atoms with E-state index in [-0.39, 0.29) is 0 Å². The van der Waals surface area contributed by atoms with Gasteiger partial charge < -0.3 is 5.32 Å². The summed E-state index contributed by atoms with van der Waals surface area (Å²) >= 11 is 12.2. The summed E-state index contributed by atoms with van der Waals surface area (Å²) in [7, 11) is 0. The molecule has 100 valence electrons. The van der Waals surface area contributed by atoms with E-state index < -0.39 is 0 Å². The standard InChI is InChI=1S/C16H17Cl2N/c1-2-9-19-11-14-4-3-13(10-16(14)18)12-5-7-15(17)8-6-12/h3-8,10,19H,2,9,11H2,1H3. The van der Waals surface area contributed by atoms with Crippen LogP contribution in [0.25, 0.3) is 11.1 Å². The normalized spacial score (nSPS) is 10.7. The second-order valence-corrected chi connectivity index (χ2v) is 5.33. The number of halogens is 2. The molecule has 2 rings (SSSR count). The van der Waals surface area contributed by atoms with E-state index in [0.29, 0.717) is 0 Å². The Hall–Kier alpha value is -1.02. The SMILES string of the molecule is CCCNCc1ccc(-c2ccc(Cl)cc2)cc1Cl. The monoisotopic (exact) mass is 293 g/mol. The summed E-state index contributed by atoms with van der Waals surface area (Å²) < 4.78 is 0. The van der Waals surface area contributed by atoms with Gasteiger partial charge in [-0.05, 0) is 47.9 Å². The van der Waals surface area contributed by atoms with Crippen molar-refractivity contribution in [2.45, 2.75) is 19.9 Å². The maximum atomic E-state index is 6.32. The van der Waals surface area contributed by atoms with Gasteiger partial charge in [-0.25, -0.2) is 0 Å². The van der Waals surface area contributed by atoms with Crippen LogP contribution in [0.3, 0.4) is 0 Å². The smallest absolute Gasteiger partial charge is 0.0457 e. The van der Waals surface area contributed by atoms with Crippen molar-refractivity contribution in [3.05, 3.63) is 58.1 Å². The molecule has 1 N–H and O–H groups in total. The lowest BCUT2D eigenvalue weighted by Gasteiger charge is -2.08. The number of hydrogen-bond acceptors (Lipinski definition) is 1. The first-order valence-corrected chi connectivity index (χ1v) is 7.21. The van der Waals surface area contributed by atoms with Crippen molar-refractivity contribution in [2.75, 3.05) is 6.54 Å². The molecule has 0 amide bonds. The Morgan fingerprint density at radius 3 is 2.26 bits per heavy atom. The number of rotatable bonds is 5. The number of nitrogens with one attached hydrogen (secondary N) is 1. The van der Waals surface area contributed by atoms with E-state index in [0.717, 1.165) is 46.2 Å². The van der Waals surface area contributed by atoms with Crippen LogP contribution in [-0.2, 0) is 6.54 Å². The van der Waals surface area contributed by atoms with Crippen molar-refractivity contribution in [3.63, 3.8) is 0 Å². The van der Waals surface area contributed by atoms with Gasteiger partial charge in [-0.2, -0.15) is 0 Å². The van der Waals surface area contributed by atoms with Crippen molar-refractivity contribution in [1.82, 2.24) is 5.32 Å². The van der Waals surface area contributed by atoms with Crippen LogP contribution in [-0.4, -0.2) is 6.54 Å². The first-order valence-electron chi connectivity index (χ1n) is 6.46. The van der Waals surface area contributed by atoms with Gasteiger partial charge in [-0.1, -0.05) is 54.4 Å². The van der Waals surface area contributed by atoms with Crippen molar-refractivity contribution in [2.24, 2.45) is 0 Å². The second kappa shape index (κ2) is 6.95. The van der Waals surface area contributed by atoms with Gasteiger partial charge in [0, 0.05) is 16.6 Å². The molecular formula is C16H17Cl2N. The van der Waals surface area contributed by atoms with Gasteiger partial charge in [0.05, 0.1) is 0 Å². The van der Waals surface area contributed by atoms with Crippen LogP contribution in [0.1, 0.15) is 18.9 Å².